The maximum absolute atomic E-state index is 13.8. The minimum Gasteiger partial charge on any atom is -0.321 e. The molecule has 37 heavy (non-hydrogen) atoms. The van der Waals surface area contributed by atoms with Gasteiger partial charge >= 0.3 is 6.18 Å². The Balaban J connectivity index is 1.41. The first-order valence-corrected chi connectivity index (χ1v) is 12.4. The minimum atomic E-state index is -4.55. The first-order valence-electron chi connectivity index (χ1n) is 11.7. The van der Waals surface area contributed by atoms with Gasteiger partial charge in [0.15, 0.2) is 5.65 Å². The number of fused-ring (bicyclic) bond motifs is 1. The monoisotopic (exact) mass is 550 g/mol. The van der Waals surface area contributed by atoms with Gasteiger partial charge in [0.05, 0.1) is 40.3 Å². The van der Waals surface area contributed by atoms with Crippen LogP contribution in [0.5, 0.6) is 0 Å². The second kappa shape index (κ2) is 9.33. The summed E-state index contributed by atoms with van der Waals surface area (Å²) in [5.74, 6) is -0.444. The predicted octanol–water partition coefficient (Wildman–Crippen LogP) is 6.44. The first kappa shape index (κ1) is 25.5. The van der Waals surface area contributed by atoms with E-state index in [1.54, 1.807) is 23.7 Å². The Hall–Kier alpha value is -3.11. The third-order valence-corrected chi connectivity index (χ3v) is 7.06. The number of carbonyl (C=O) groups excluding carboxylic acids is 1. The van der Waals surface area contributed by atoms with E-state index in [4.69, 9.17) is 23.2 Å². The van der Waals surface area contributed by atoms with Crippen molar-refractivity contribution in [1.29, 1.82) is 0 Å². The van der Waals surface area contributed by atoms with Crippen LogP contribution >= 0.6 is 23.2 Å². The number of aromatic nitrogens is 5. The lowest BCUT2D eigenvalue weighted by Gasteiger charge is -2.11. The zero-order valence-electron chi connectivity index (χ0n) is 20.2. The number of alkyl halides is 3. The zero-order chi connectivity index (χ0) is 26.6. The van der Waals surface area contributed by atoms with E-state index in [2.05, 4.69) is 20.5 Å². The van der Waals surface area contributed by atoms with Crippen LogP contribution in [-0.4, -0.2) is 30.5 Å². The van der Waals surface area contributed by atoms with Crippen LogP contribution in [0.4, 0.5) is 18.9 Å². The van der Waals surface area contributed by atoms with Crippen molar-refractivity contribution in [2.24, 2.45) is 0 Å². The zero-order valence-corrected chi connectivity index (χ0v) is 21.8. The average molecular weight is 551 g/mol. The molecule has 1 N–H and O–H groups in total. The molecule has 0 saturated heterocycles. The summed E-state index contributed by atoms with van der Waals surface area (Å²) in [6, 6.07) is 6.31. The van der Waals surface area contributed by atoms with E-state index < -0.39 is 17.6 Å². The molecule has 3 aromatic heterocycles. The molecule has 5 rings (SSSR count). The van der Waals surface area contributed by atoms with Crippen LogP contribution in [0.15, 0.2) is 24.3 Å². The van der Waals surface area contributed by atoms with Crippen molar-refractivity contribution in [1.82, 2.24) is 24.5 Å². The number of carbonyl (C=O) groups is 1. The molecule has 3 heterocycles. The molecule has 0 atom stereocenters. The summed E-state index contributed by atoms with van der Waals surface area (Å²) in [6.07, 6.45) is -2.96. The molecule has 194 valence electrons. The van der Waals surface area contributed by atoms with Crippen LogP contribution in [0.25, 0.3) is 11.0 Å². The number of aryl methyl sites for hydroxylation is 2. The largest absolute Gasteiger partial charge is 0.417 e. The molecule has 0 aliphatic heterocycles. The Morgan fingerprint density at radius 1 is 1.08 bits per heavy atom. The number of nitrogens with one attached hydrogen (secondary N) is 1. The van der Waals surface area contributed by atoms with Gasteiger partial charge in [-0.15, -0.1) is 0 Å². The van der Waals surface area contributed by atoms with Crippen molar-refractivity contribution >= 4 is 45.8 Å². The van der Waals surface area contributed by atoms with Crippen molar-refractivity contribution in [3.63, 3.8) is 0 Å². The van der Waals surface area contributed by atoms with Crippen LogP contribution in [0.3, 0.4) is 0 Å². The Morgan fingerprint density at radius 2 is 1.78 bits per heavy atom. The Bertz CT molecular complexity index is 1540. The van der Waals surface area contributed by atoms with E-state index in [0.29, 0.717) is 39.4 Å². The molecule has 1 aromatic carbocycles. The predicted molar refractivity (Wildman–Crippen MR) is 135 cm³/mol. The lowest BCUT2D eigenvalue weighted by atomic mass is 10.1. The van der Waals surface area contributed by atoms with Crippen molar-refractivity contribution in [3.8, 4) is 0 Å². The third-order valence-electron chi connectivity index (χ3n) is 6.47. The van der Waals surface area contributed by atoms with Crippen LogP contribution in [0.1, 0.15) is 52.7 Å². The number of benzene rings is 1. The van der Waals surface area contributed by atoms with Gasteiger partial charge in [0.2, 0.25) is 5.91 Å². The van der Waals surface area contributed by atoms with Gasteiger partial charge in [0.25, 0.3) is 0 Å². The molecule has 1 aliphatic carbocycles. The van der Waals surface area contributed by atoms with Crippen molar-refractivity contribution in [2.75, 3.05) is 5.32 Å². The van der Waals surface area contributed by atoms with Crippen LogP contribution < -0.4 is 5.32 Å². The van der Waals surface area contributed by atoms with Gasteiger partial charge in [-0.2, -0.15) is 23.4 Å². The van der Waals surface area contributed by atoms with Gasteiger partial charge < -0.3 is 5.32 Å². The average Bonchev–Trinajstić information content (AvgIpc) is 3.57. The summed E-state index contributed by atoms with van der Waals surface area (Å²) in [5.41, 5.74) is 2.47. The highest BCUT2D eigenvalue weighted by Gasteiger charge is 2.37. The van der Waals surface area contributed by atoms with Crippen molar-refractivity contribution < 1.29 is 18.0 Å². The highest BCUT2D eigenvalue weighted by atomic mass is 35.5. The molecule has 1 fully saturated rings. The number of halogens is 5. The second-order valence-electron chi connectivity index (χ2n) is 9.30. The molecule has 1 saturated carbocycles. The maximum atomic E-state index is 13.8. The summed E-state index contributed by atoms with van der Waals surface area (Å²) in [4.78, 5) is 17.5. The molecule has 1 aliphatic rings. The number of hydrogen-bond acceptors (Lipinski definition) is 4. The number of amides is 1. The van der Waals surface area contributed by atoms with E-state index >= 15 is 0 Å². The van der Waals surface area contributed by atoms with Gasteiger partial charge in [0, 0.05) is 21.7 Å². The fourth-order valence-corrected chi connectivity index (χ4v) is 4.92. The number of pyridine rings is 1. The molecule has 12 heteroatoms. The summed E-state index contributed by atoms with van der Waals surface area (Å²) >= 11 is 12.3. The summed E-state index contributed by atoms with van der Waals surface area (Å²) in [7, 11) is 0. The SMILES string of the molecule is Cc1nn(Cc2ccc(Cl)cc2Cl)c(C)c1NC(=O)Cn1nc(C)c2c(C(F)(F)F)cc(C3CC3)nc21. The summed E-state index contributed by atoms with van der Waals surface area (Å²) in [6.45, 7) is 5.14. The molecule has 0 radical (unpaired) electrons. The van der Waals surface area contributed by atoms with Gasteiger partial charge in [-0.05, 0) is 57.4 Å². The highest BCUT2D eigenvalue weighted by molar-refractivity contribution is 6.35. The third kappa shape index (κ3) is 5.04. The van der Waals surface area contributed by atoms with Crippen LogP contribution in [0, 0.1) is 20.8 Å². The second-order valence-corrected chi connectivity index (χ2v) is 10.1. The van der Waals surface area contributed by atoms with Crippen molar-refractivity contribution in [3.05, 3.63) is 68.2 Å². The van der Waals surface area contributed by atoms with Crippen molar-refractivity contribution in [2.45, 2.75) is 58.8 Å². The quantitative estimate of drug-likeness (QED) is 0.299. The molecule has 0 spiro atoms. The van der Waals surface area contributed by atoms with Gasteiger partial charge in [-0.25, -0.2) is 9.67 Å². The maximum Gasteiger partial charge on any atom is 0.417 e. The number of hydrogen-bond donors (Lipinski definition) is 1. The van der Waals surface area contributed by atoms with Crippen LogP contribution in [0.2, 0.25) is 10.0 Å². The Labute approximate surface area is 220 Å². The highest BCUT2D eigenvalue weighted by Crippen LogP contribution is 2.43. The smallest absolute Gasteiger partial charge is 0.321 e. The topological polar surface area (TPSA) is 77.6 Å². The lowest BCUT2D eigenvalue weighted by Crippen LogP contribution is -2.21. The number of nitrogens with zero attached hydrogens (tertiary/aromatic N) is 5. The number of anilines is 1. The minimum absolute atomic E-state index is 0.00765. The van der Waals surface area contributed by atoms with Gasteiger partial charge in [0.1, 0.15) is 6.54 Å². The fourth-order valence-electron chi connectivity index (χ4n) is 4.45. The molecule has 4 aromatic rings. The van der Waals surface area contributed by atoms with Gasteiger partial charge in [-0.3, -0.25) is 9.48 Å². The molecular formula is C25H23Cl2F3N6O. The molecule has 1 amide bonds. The fraction of sp³-hybridized carbons (Fsp3) is 0.360. The van der Waals surface area contributed by atoms with E-state index in [1.807, 2.05) is 13.0 Å². The lowest BCUT2D eigenvalue weighted by molar-refractivity contribution is -0.136. The Kier molecular flexibility index (Phi) is 6.44. The number of rotatable bonds is 6. The summed E-state index contributed by atoms with van der Waals surface area (Å²) < 4.78 is 44.5. The van der Waals surface area contributed by atoms with E-state index in [0.717, 1.165) is 24.5 Å². The molecular weight excluding hydrogens is 528 g/mol. The normalized spacial score (nSPS) is 13.9. The molecule has 7 nitrogen and oxygen atoms in total. The van der Waals surface area contributed by atoms with E-state index in [1.165, 1.54) is 11.6 Å². The molecule has 0 unspecified atom stereocenters. The van der Waals surface area contributed by atoms with Crippen LogP contribution in [-0.2, 0) is 24.1 Å². The van der Waals surface area contributed by atoms with E-state index in [-0.39, 0.29) is 29.2 Å². The summed E-state index contributed by atoms with van der Waals surface area (Å²) in [5, 5.41) is 12.5. The Morgan fingerprint density at radius 3 is 2.43 bits per heavy atom. The molecule has 0 bridgehead atoms. The standard InChI is InChI=1S/C25H23Cl2F3N6O/c1-12-22-18(25(28,29)30)9-20(15-4-5-15)31-24(22)36(33-12)11-21(37)32-23-13(2)34-35(14(23)3)10-16-6-7-17(26)8-19(16)27/h6-9,15H,4-5,10-11H2,1-3H3,(H,32,37). The van der Waals surface area contributed by atoms with Gasteiger partial charge in [-0.1, -0.05) is 29.3 Å². The first-order chi connectivity index (χ1) is 17.4. The van der Waals surface area contributed by atoms with E-state index in [9.17, 15) is 18.0 Å².